The molecule has 0 spiro atoms. The summed E-state index contributed by atoms with van der Waals surface area (Å²) >= 11 is 5.89. The number of pyridine rings is 1. The number of aromatic nitrogens is 1. The Labute approximate surface area is 191 Å². The van der Waals surface area contributed by atoms with Gasteiger partial charge in [0.1, 0.15) is 22.6 Å². The predicted octanol–water partition coefficient (Wildman–Crippen LogP) is 3.43. The summed E-state index contributed by atoms with van der Waals surface area (Å²) in [6.07, 6.45) is 1.62. The summed E-state index contributed by atoms with van der Waals surface area (Å²) in [6.45, 7) is 2.68. The lowest BCUT2D eigenvalue weighted by molar-refractivity contribution is -0.433. The van der Waals surface area contributed by atoms with Gasteiger partial charge in [-0.15, -0.1) is 0 Å². The highest BCUT2D eigenvalue weighted by Gasteiger charge is 2.44. The van der Waals surface area contributed by atoms with Crippen molar-refractivity contribution in [3.8, 4) is 11.8 Å². The number of nitrogens with zero attached hydrogens (tertiary/aromatic N) is 5. The Bertz CT molecular complexity index is 1120. The van der Waals surface area contributed by atoms with Gasteiger partial charge in [-0.05, 0) is 24.6 Å². The molecule has 1 aromatic heterocycles. The molecule has 0 amide bonds. The highest BCUT2D eigenvalue weighted by Crippen LogP contribution is 2.44. The van der Waals surface area contributed by atoms with E-state index in [4.69, 9.17) is 22.1 Å². The van der Waals surface area contributed by atoms with E-state index in [0.717, 1.165) is 5.56 Å². The summed E-state index contributed by atoms with van der Waals surface area (Å²) in [5, 5.41) is 22.7. The number of para-hydroxylation sites is 1. The fourth-order valence-corrected chi connectivity index (χ4v) is 3.94. The number of nitro groups is 1. The van der Waals surface area contributed by atoms with Crippen LogP contribution in [0.15, 0.2) is 65.5 Å². The third-order valence-corrected chi connectivity index (χ3v) is 5.58. The molecule has 1 unspecified atom stereocenters. The minimum Gasteiger partial charge on any atom is -0.496 e. The molecule has 0 saturated heterocycles. The Morgan fingerprint density at radius 2 is 2.09 bits per heavy atom. The van der Waals surface area contributed by atoms with E-state index in [1.54, 1.807) is 43.6 Å². The van der Waals surface area contributed by atoms with Crippen molar-refractivity contribution < 1.29 is 9.66 Å². The molecule has 0 aliphatic carbocycles. The van der Waals surface area contributed by atoms with Crippen LogP contribution in [0.3, 0.4) is 0 Å². The number of ether oxygens (including phenoxy) is 1. The van der Waals surface area contributed by atoms with Gasteiger partial charge in [0.2, 0.25) is 0 Å². The summed E-state index contributed by atoms with van der Waals surface area (Å²) in [5.41, 5.74) is 7.61. The van der Waals surface area contributed by atoms with Crippen LogP contribution in [0.5, 0.6) is 5.75 Å². The second-order valence-electron chi connectivity index (χ2n) is 7.11. The van der Waals surface area contributed by atoms with Crippen molar-refractivity contribution >= 4 is 11.6 Å². The lowest BCUT2D eigenvalue weighted by Gasteiger charge is -2.37. The number of methoxy groups -OCH3 is 1. The molecule has 1 atom stereocenters. The minimum absolute atomic E-state index is 0.0941. The zero-order valence-corrected chi connectivity index (χ0v) is 18.7. The number of hydrogen-bond acceptors (Lipinski definition) is 8. The van der Waals surface area contributed by atoms with Crippen LogP contribution in [0, 0.1) is 21.4 Å². The largest absolute Gasteiger partial charge is 0.496 e. The molecular formula is C22H23ClN6O3. The first-order chi connectivity index (χ1) is 15.3. The molecule has 2 heterocycles. The van der Waals surface area contributed by atoms with Gasteiger partial charge >= 0.3 is 0 Å². The molecule has 0 saturated carbocycles. The van der Waals surface area contributed by atoms with Crippen LogP contribution in [0.2, 0.25) is 5.15 Å². The Morgan fingerprint density at radius 1 is 1.38 bits per heavy atom. The zero-order valence-electron chi connectivity index (χ0n) is 17.9. The SMILES string of the molecule is CCN(Cc1ccc(Cl)nc1)C1=C([N+](=O)[O-])C(c2ccccc2OC)C(C#N)=C(N)N1C. The van der Waals surface area contributed by atoms with Crippen molar-refractivity contribution in [3.63, 3.8) is 0 Å². The second-order valence-corrected chi connectivity index (χ2v) is 7.50. The van der Waals surface area contributed by atoms with Crippen molar-refractivity contribution in [1.82, 2.24) is 14.8 Å². The molecule has 3 rings (SSSR count). The Kier molecular flexibility index (Phi) is 6.85. The van der Waals surface area contributed by atoms with E-state index < -0.39 is 10.8 Å². The van der Waals surface area contributed by atoms with Crippen LogP contribution in [0.25, 0.3) is 0 Å². The third-order valence-electron chi connectivity index (χ3n) is 5.36. The number of halogens is 1. The standard InChI is InChI=1S/C22H23ClN6O3/c1-4-28(13-14-9-10-18(23)26-12-14)22-20(29(30)31)19(16(11-24)21(25)27(22)2)15-7-5-6-8-17(15)32-3/h5-10,12,19H,4,13,25H2,1-3H3. The van der Waals surface area contributed by atoms with Gasteiger partial charge < -0.3 is 20.3 Å². The van der Waals surface area contributed by atoms with Crippen molar-refractivity contribution in [2.45, 2.75) is 19.4 Å². The summed E-state index contributed by atoms with van der Waals surface area (Å²) in [5.74, 6) is -0.0995. The smallest absolute Gasteiger partial charge is 0.299 e. The van der Waals surface area contributed by atoms with Gasteiger partial charge in [0.05, 0.1) is 23.7 Å². The molecule has 0 fully saturated rings. The number of allylic oxidation sites excluding steroid dienone is 1. The first-order valence-electron chi connectivity index (χ1n) is 9.84. The molecule has 0 bridgehead atoms. The van der Waals surface area contributed by atoms with Crippen molar-refractivity contribution in [2.24, 2.45) is 5.73 Å². The van der Waals surface area contributed by atoms with Crippen molar-refractivity contribution in [1.29, 1.82) is 5.26 Å². The Morgan fingerprint density at radius 3 is 2.66 bits per heavy atom. The highest BCUT2D eigenvalue weighted by atomic mass is 35.5. The topological polar surface area (TPSA) is 122 Å². The third kappa shape index (κ3) is 4.18. The van der Waals surface area contributed by atoms with Gasteiger partial charge in [0.25, 0.3) is 5.70 Å². The average Bonchev–Trinajstić information content (AvgIpc) is 2.80. The second kappa shape index (κ2) is 9.58. The molecule has 166 valence electrons. The summed E-state index contributed by atoms with van der Waals surface area (Å²) in [6, 6.07) is 12.5. The Balaban J connectivity index is 2.23. The monoisotopic (exact) mass is 454 g/mol. The summed E-state index contributed by atoms with van der Waals surface area (Å²) in [7, 11) is 3.10. The average molecular weight is 455 g/mol. The zero-order chi connectivity index (χ0) is 23.4. The predicted molar refractivity (Wildman–Crippen MR) is 120 cm³/mol. The summed E-state index contributed by atoms with van der Waals surface area (Å²) in [4.78, 5) is 19.4. The number of rotatable bonds is 7. The maximum absolute atomic E-state index is 12.4. The van der Waals surface area contributed by atoms with Gasteiger partial charge in [-0.2, -0.15) is 5.26 Å². The Hall–Kier alpha value is -3.77. The molecule has 1 aliphatic rings. The maximum atomic E-state index is 12.4. The van der Waals surface area contributed by atoms with Crippen LogP contribution in [-0.4, -0.2) is 40.4 Å². The maximum Gasteiger partial charge on any atom is 0.299 e. The fraction of sp³-hybridized carbons (Fsp3) is 0.273. The lowest BCUT2D eigenvalue weighted by Crippen LogP contribution is -2.42. The van der Waals surface area contributed by atoms with Crippen molar-refractivity contribution in [3.05, 3.63) is 91.9 Å². The van der Waals surface area contributed by atoms with E-state index in [-0.39, 0.29) is 17.1 Å². The van der Waals surface area contributed by atoms with Crippen LogP contribution >= 0.6 is 11.6 Å². The number of nitriles is 1. The molecular weight excluding hydrogens is 432 g/mol. The van der Waals surface area contributed by atoms with E-state index in [0.29, 0.717) is 35.4 Å². The fourth-order valence-electron chi connectivity index (χ4n) is 3.83. The molecule has 0 radical (unpaired) electrons. The number of benzene rings is 1. The van der Waals surface area contributed by atoms with E-state index in [2.05, 4.69) is 11.1 Å². The van der Waals surface area contributed by atoms with E-state index in [1.165, 1.54) is 12.0 Å². The van der Waals surface area contributed by atoms with E-state index in [9.17, 15) is 15.4 Å². The highest BCUT2D eigenvalue weighted by molar-refractivity contribution is 6.29. The van der Waals surface area contributed by atoms with E-state index in [1.807, 2.05) is 17.9 Å². The first-order valence-corrected chi connectivity index (χ1v) is 10.2. The van der Waals surface area contributed by atoms with Crippen LogP contribution in [-0.2, 0) is 6.54 Å². The van der Waals surface area contributed by atoms with Crippen molar-refractivity contribution in [2.75, 3.05) is 20.7 Å². The van der Waals surface area contributed by atoms with Gasteiger partial charge in [0.15, 0.2) is 5.82 Å². The van der Waals surface area contributed by atoms with Gasteiger partial charge in [-0.1, -0.05) is 35.9 Å². The molecule has 2 aromatic rings. The summed E-state index contributed by atoms with van der Waals surface area (Å²) < 4.78 is 5.44. The van der Waals surface area contributed by atoms with E-state index >= 15 is 0 Å². The van der Waals surface area contributed by atoms with Crippen LogP contribution in [0.4, 0.5) is 0 Å². The molecule has 10 heteroatoms. The molecule has 2 N–H and O–H groups in total. The van der Waals surface area contributed by atoms with Gasteiger partial charge in [-0.25, -0.2) is 4.98 Å². The van der Waals surface area contributed by atoms with Gasteiger partial charge in [-0.3, -0.25) is 10.1 Å². The molecule has 1 aliphatic heterocycles. The number of nitrogens with two attached hydrogens (primary N) is 1. The molecule has 9 nitrogen and oxygen atoms in total. The molecule has 1 aromatic carbocycles. The first kappa shape index (κ1) is 22.9. The van der Waals surface area contributed by atoms with Crippen LogP contribution < -0.4 is 10.5 Å². The normalized spacial score (nSPS) is 16.1. The quantitative estimate of drug-likeness (QED) is 0.383. The minimum atomic E-state index is -0.991. The lowest BCUT2D eigenvalue weighted by atomic mass is 9.85. The van der Waals surface area contributed by atoms with Gasteiger partial charge in [0, 0.05) is 31.9 Å². The molecule has 32 heavy (non-hydrogen) atoms. The van der Waals surface area contributed by atoms with Crippen LogP contribution in [0.1, 0.15) is 24.0 Å². The number of hydrogen-bond donors (Lipinski definition) is 1.